The third-order valence-electron chi connectivity index (χ3n) is 1.80. The smallest absolute Gasteiger partial charge is 0.258 e. The van der Waals surface area contributed by atoms with Crippen LogP contribution in [0.15, 0.2) is 34.1 Å². The van der Waals surface area contributed by atoms with Crippen LogP contribution in [0.1, 0.15) is 0 Å². The van der Waals surface area contributed by atoms with Gasteiger partial charge in [-0.2, -0.15) is 5.10 Å². The lowest BCUT2D eigenvalue weighted by atomic mass is 9.99. The molecule has 2 rings (SSSR count). The summed E-state index contributed by atoms with van der Waals surface area (Å²) in [5.74, 6) is -0.0382. The molecule has 1 aliphatic carbocycles. The molecule has 2 aliphatic rings. The monoisotopic (exact) mass is 241 g/mol. The summed E-state index contributed by atoms with van der Waals surface area (Å²) >= 11 is 3.22. The van der Waals surface area contributed by atoms with Crippen LogP contribution in [0.4, 0.5) is 0 Å². The van der Waals surface area contributed by atoms with Gasteiger partial charge in [-0.05, 0) is 15.9 Å². The lowest BCUT2D eigenvalue weighted by Crippen LogP contribution is -2.16. The van der Waals surface area contributed by atoms with Crippen LogP contribution in [-0.2, 0) is 0 Å². The van der Waals surface area contributed by atoms with Crippen LogP contribution in [0.2, 0.25) is 0 Å². The summed E-state index contributed by atoms with van der Waals surface area (Å²) in [6.45, 7) is 0. The molecular weight excluding hydrogens is 238 g/mol. The highest BCUT2D eigenvalue weighted by atomic mass is 79.9. The molecule has 6 heteroatoms. The SMILES string of the molecule is O=[N+]([O-])C1=CC2=NN=C(Br)[C@@H]2C=C1. The van der Waals surface area contributed by atoms with Crippen molar-refractivity contribution in [2.75, 3.05) is 0 Å². The summed E-state index contributed by atoms with van der Waals surface area (Å²) in [6.07, 6.45) is 4.60. The van der Waals surface area contributed by atoms with E-state index in [9.17, 15) is 10.1 Å². The standard InChI is InChI=1S/C7H4BrN3O2/c8-7-5-2-1-4(11(12)13)3-6(5)9-10-7/h1-3,5H/t5-/m1/s1. The average Bonchev–Trinajstić information content (AvgIpc) is 2.47. The van der Waals surface area contributed by atoms with Crippen molar-refractivity contribution in [1.29, 1.82) is 0 Å². The van der Waals surface area contributed by atoms with Gasteiger partial charge in [-0.3, -0.25) is 10.1 Å². The van der Waals surface area contributed by atoms with Crippen LogP contribution < -0.4 is 0 Å². The summed E-state index contributed by atoms with van der Waals surface area (Å²) < 4.78 is 0.692. The zero-order valence-electron chi connectivity index (χ0n) is 6.35. The summed E-state index contributed by atoms with van der Waals surface area (Å²) in [4.78, 5) is 9.96. The second-order valence-corrected chi connectivity index (χ2v) is 3.42. The van der Waals surface area contributed by atoms with Crippen LogP contribution in [-0.4, -0.2) is 15.3 Å². The Hall–Kier alpha value is -1.30. The van der Waals surface area contributed by atoms with E-state index in [1.807, 2.05) is 0 Å². The fourth-order valence-corrected chi connectivity index (χ4v) is 1.62. The molecule has 0 N–H and O–H groups in total. The van der Waals surface area contributed by atoms with Crippen LogP contribution in [0.3, 0.4) is 0 Å². The zero-order valence-corrected chi connectivity index (χ0v) is 7.93. The molecule has 13 heavy (non-hydrogen) atoms. The molecule has 0 unspecified atom stereocenters. The van der Waals surface area contributed by atoms with Crippen LogP contribution in [0.25, 0.3) is 0 Å². The van der Waals surface area contributed by atoms with Gasteiger partial charge in [0.1, 0.15) is 4.62 Å². The number of nitro groups is 1. The van der Waals surface area contributed by atoms with Gasteiger partial charge in [-0.15, -0.1) is 5.10 Å². The highest BCUT2D eigenvalue weighted by molar-refractivity contribution is 9.18. The van der Waals surface area contributed by atoms with Crippen molar-refractivity contribution >= 4 is 26.3 Å². The summed E-state index contributed by atoms with van der Waals surface area (Å²) in [5.41, 5.74) is 0.661. The summed E-state index contributed by atoms with van der Waals surface area (Å²) in [6, 6.07) is 0. The molecule has 0 aromatic carbocycles. The Bertz CT molecular complexity index is 395. The highest BCUT2D eigenvalue weighted by Gasteiger charge is 2.27. The van der Waals surface area contributed by atoms with E-state index in [0.29, 0.717) is 10.3 Å². The maximum absolute atomic E-state index is 10.4. The van der Waals surface area contributed by atoms with Crippen molar-refractivity contribution in [1.82, 2.24) is 0 Å². The van der Waals surface area contributed by atoms with E-state index in [-0.39, 0.29) is 11.6 Å². The highest BCUT2D eigenvalue weighted by Crippen LogP contribution is 2.23. The second kappa shape index (κ2) is 2.88. The predicted molar refractivity (Wildman–Crippen MR) is 51.5 cm³/mol. The number of rotatable bonds is 1. The Morgan fingerprint density at radius 2 is 2.31 bits per heavy atom. The molecule has 0 radical (unpaired) electrons. The Balaban J connectivity index is 2.33. The van der Waals surface area contributed by atoms with Gasteiger partial charge in [0.25, 0.3) is 5.70 Å². The Morgan fingerprint density at radius 1 is 1.54 bits per heavy atom. The molecular formula is C7H4BrN3O2. The van der Waals surface area contributed by atoms with Gasteiger partial charge < -0.3 is 0 Å². The van der Waals surface area contributed by atoms with Gasteiger partial charge in [0.15, 0.2) is 0 Å². The lowest BCUT2D eigenvalue weighted by molar-refractivity contribution is -0.418. The number of allylic oxidation sites excluding steroid dienone is 3. The van der Waals surface area contributed by atoms with Gasteiger partial charge in [-0.1, -0.05) is 6.08 Å². The minimum Gasteiger partial charge on any atom is -0.258 e. The van der Waals surface area contributed by atoms with Crippen molar-refractivity contribution in [3.63, 3.8) is 0 Å². The average molecular weight is 242 g/mol. The van der Waals surface area contributed by atoms with Crippen LogP contribution >= 0.6 is 15.9 Å². The molecule has 0 saturated heterocycles. The molecule has 1 atom stereocenters. The molecule has 0 spiro atoms. The molecule has 0 aromatic rings. The van der Waals surface area contributed by atoms with E-state index >= 15 is 0 Å². The lowest BCUT2D eigenvalue weighted by Gasteiger charge is -2.06. The van der Waals surface area contributed by atoms with E-state index in [2.05, 4.69) is 26.1 Å². The number of hydrogen-bond donors (Lipinski definition) is 0. The number of fused-ring (bicyclic) bond motifs is 1. The van der Waals surface area contributed by atoms with E-state index in [4.69, 9.17) is 0 Å². The molecule has 0 fully saturated rings. The predicted octanol–water partition coefficient (Wildman–Crippen LogP) is 1.50. The zero-order chi connectivity index (χ0) is 9.42. The topological polar surface area (TPSA) is 67.9 Å². The Kier molecular flexibility index (Phi) is 1.84. The quantitative estimate of drug-likeness (QED) is 0.516. The van der Waals surface area contributed by atoms with Crippen molar-refractivity contribution < 1.29 is 4.92 Å². The van der Waals surface area contributed by atoms with Gasteiger partial charge in [-0.25, -0.2) is 0 Å². The summed E-state index contributed by atoms with van der Waals surface area (Å²) in [5, 5.41) is 18.0. The van der Waals surface area contributed by atoms with E-state index < -0.39 is 4.92 Å². The second-order valence-electron chi connectivity index (χ2n) is 2.61. The van der Waals surface area contributed by atoms with E-state index in [1.54, 1.807) is 6.08 Å². The third kappa shape index (κ3) is 1.33. The molecule has 0 saturated carbocycles. The molecule has 5 nitrogen and oxygen atoms in total. The molecule has 0 bridgehead atoms. The van der Waals surface area contributed by atoms with Gasteiger partial charge in [0.05, 0.1) is 16.6 Å². The number of halogens is 1. The molecule has 66 valence electrons. The van der Waals surface area contributed by atoms with Crippen LogP contribution in [0.5, 0.6) is 0 Å². The largest absolute Gasteiger partial charge is 0.271 e. The first-order chi connectivity index (χ1) is 6.18. The molecule has 0 aromatic heterocycles. The van der Waals surface area contributed by atoms with Crippen molar-refractivity contribution in [3.05, 3.63) is 34.0 Å². The van der Waals surface area contributed by atoms with E-state index in [0.717, 1.165) is 0 Å². The molecule has 0 amide bonds. The molecule has 1 heterocycles. The first kappa shape index (κ1) is 8.31. The minimum atomic E-state index is -0.443. The number of hydrogen-bond acceptors (Lipinski definition) is 4. The normalized spacial score (nSPS) is 24.7. The first-order valence-corrected chi connectivity index (χ1v) is 4.33. The maximum atomic E-state index is 10.4. The van der Waals surface area contributed by atoms with Crippen molar-refractivity contribution in [2.45, 2.75) is 0 Å². The summed E-state index contributed by atoms with van der Waals surface area (Å²) in [7, 11) is 0. The van der Waals surface area contributed by atoms with Gasteiger partial charge in [0, 0.05) is 12.2 Å². The van der Waals surface area contributed by atoms with E-state index in [1.165, 1.54) is 12.2 Å². The Labute approximate surface area is 81.8 Å². The van der Waals surface area contributed by atoms with Gasteiger partial charge in [0.2, 0.25) is 0 Å². The third-order valence-corrected chi connectivity index (χ3v) is 2.45. The van der Waals surface area contributed by atoms with Crippen LogP contribution in [0, 0.1) is 16.0 Å². The fourth-order valence-electron chi connectivity index (χ4n) is 1.16. The minimum absolute atomic E-state index is 0.0382. The maximum Gasteiger partial charge on any atom is 0.271 e. The number of nitrogens with zero attached hydrogens (tertiary/aromatic N) is 3. The van der Waals surface area contributed by atoms with Crippen molar-refractivity contribution in [3.8, 4) is 0 Å². The van der Waals surface area contributed by atoms with Gasteiger partial charge >= 0.3 is 0 Å². The van der Waals surface area contributed by atoms with Crippen molar-refractivity contribution in [2.24, 2.45) is 16.1 Å². The fraction of sp³-hybridized carbons (Fsp3) is 0.143. The first-order valence-electron chi connectivity index (χ1n) is 3.53. The molecule has 1 aliphatic heterocycles. The Morgan fingerprint density at radius 3 is 3.00 bits per heavy atom.